The molecule has 1 aliphatic carbocycles. The van der Waals surface area contributed by atoms with E-state index in [4.69, 9.17) is 0 Å². The van der Waals surface area contributed by atoms with Crippen LogP contribution in [0.4, 0.5) is 0 Å². The number of hydrogen-bond donors (Lipinski definition) is 2. The van der Waals surface area contributed by atoms with Gasteiger partial charge in [0.15, 0.2) is 9.84 Å². The lowest BCUT2D eigenvalue weighted by Crippen LogP contribution is -2.53. The monoisotopic (exact) mass is 260 g/mol. The van der Waals surface area contributed by atoms with E-state index in [9.17, 15) is 23.4 Å². The molecule has 3 aliphatic rings. The van der Waals surface area contributed by atoms with Crippen molar-refractivity contribution in [2.45, 2.75) is 54.6 Å². The predicted molar refractivity (Wildman–Crippen MR) is 59.2 cm³/mol. The summed E-state index contributed by atoms with van der Waals surface area (Å²) in [6, 6.07) is 0. The number of rotatable bonds is 2. The lowest BCUT2D eigenvalue weighted by atomic mass is 9.78. The molecule has 0 aromatic heterocycles. The smallest absolute Gasteiger partial charge is 0.312 e. The molecular weight excluding hydrogens is 244 g/mol. The molecule has 2 aliphatic heterocycles. The fourth-order valence-corrected chi connectivity index (χ4v) is 6.13. The van der Waals surface area contributed by atoms with Crippen LogP contribution < -0.4 is 0 Å². The number of sulfone groups is 1. The van der Waals surface area contributed by atoms with Crippen molar-refractivity contribution >= 4 is 15.8 Å². The van der Waals surface area contributed by atoms with Gasteiger partial charge in [0.2, 0.25) is 0 Å². The third-order valence-corrected chi connectivity index (χ3v) is 7.58. The van der Waals surface area contributed by atoms with Gasteiger partial charge in [0.1, 0.15) is 0 Å². The number of aliphatic carboxylic acids is 1. The van der Waals surface area contributed by atoms with Gasteiger partial charge in [-0.1, -0.05) is 0 Å². The van der Waals surface area contributed by atoms with E-state index in [1.165, 1.54) is 0 Å². The summed E-state index contributed by atoms with van der Waals surface area (Å²) >= 11 is 0. The maximum atomic E-state index is 11.9. The molecule has 17 heavy (non-hydrogen) atoms. The molecule has 3 rings (SSSR count). The first-order chi connectivity index (χ1) is 7.82. The van der Waals surface area contributed by atoms with Crippen molar-refractivity contribution in [3.63, 3.8) is 0 Å². The standard InChI is InChI=1S/C11H16O5S/c12-9(13)10(3-4-10)11(14)5-7-1-2-8(6-11)17(7,15)16/h7-8,14H,1-6H2,(H,12,13). The molecule has 96 valence electrons. The van der Waals surface area contributed by atoms with Crippen LogP contribution >= 0.6 is 0 Å². The molecule has 2 N–H and O–H groups in total. The van der Waals surface area contributed by atoms with Crippen LogP contribution in [0.25, 0.3) is 0 Å². The molecule has 2 saturated heterocycles. The second-order valence-corrected chi connectivity index (χ2v) is 8.25. The van der Waals surface area contributed by atoms with Crippen molar-refractivity contribution in [3.8, 4) is 0 Å². The molecule has 2 bridgehead atoms. The Balaban J connectivity index is 1.96. The van der Waals surface area contributed by atoms with Gasteiger partial charge in [-0.25, -0.2) is 8.42 Å². The molecule has 2 atom stereocenters. The lowest BCUT2D eigenvalue weighted by Gasteiger charge is -2.40. The molecule has 0 amide bonds. The van der Waals surface area contributed by atoms with E-state index >= 15 is 0 Å². The highest BCUT2D eigenvalue weighted by Gasteiger charge is 2.68. The van der Waals surface area contributed by atoms with Crippen LogP contribution in [-0.4, -0.2) is 40.7 Å². The van der Waals surface area contributed by atoms with E-state index in [0.29, 0.717) is 25.7 Å². The van der Waals surface area contributed by atoms with Gasteiger partial charge in [0.25, 0.3) is 0 Å². The van der Waals surface area contributed by atoms with Gasteiger partial charge in [-0.2, -0.15) is 0 Å². The molecule has 5 nitrogen and oxygen atoms in total. The molecule has 2 unspecified atom stereocenters. The zero-order chi connectivity index (χ0) is 12.5. The van der Waals surface area contributed by atoms with Crippen LogP contribution in [-0.2, 0) is 14.6 Å². The largest absolute Gasteiger partial charge is 0.481 e. The molecule has 0 aromatic carbocycles. The predicted octanol–water partition coefficient (Wildman–Crippen LogP) is 0.322. The number of carbonyl (C=O) groups is 1. The summed E-state index contributed by atoms with van der Waals surface area (Å²) in [5.74, 6) is -0.973. The number of hydrogen-bond acceptors (Lipinski definition) is 4. The molecule has 3 fully saturated rings. The molecule has 6 heteroatoms. The molecule has 1 saturated carbocycles. The third-order valence-electron chi connectivity index (χ3n) is 4.92. The Bertz CT molecular complexity index is 456. The first kappa shape index (κ1) is 11.5. The maximum Gasteiger partial charge on any atom is 0.312 e. The average Bonchev–Trinajstić information content (AvgIpc) is 2.96. The Kier molecular flexibility index (Phi) is 2.05. The number of carboxylic acid groups (broad SMARTS) is 1. The van der Waals surface area contributed by atoms with Crippen molar-refractivity contribution in [2.75, 3.05) is 0 Å². The number of fused-ring (bicyclic) bond motifs is 2. The Labute approximate surface area is 99.7 Å². The van der Waals surface area contributed by atoms with Crippen molar-refractivity contribution < 1.29 is 23.4 Å². The Morgan fingerprint density at radius 1 is 1.12 bits per heavy atom. The highest BCUT2D eigenvalue weighted by molar-refractivity contribution is 7.93. The molecule has 0 aromatic rings. The second kappa shape index (κ2) is 3.03. The van der Waals surface area contributed by atoms with Gasteiger partial charge in [0.05, 0.1) is 21.5 Å². The normalized spacial score (nSPS) is 45.5. The van der Waals surface area contributed by atoms with Crippen LogP contribution in [0.2, 0.25) is 0 Å². The second-order valence-electron chi connectivity index (χ2n) is 5.74. The highest BCUT2D eigenvalue weighted by Crippen LogP contribution is 2.61. The Morgan fingerprint density at radius 2 is 1.59 bits per heavy atom. The first-order valence-corrected chi connectivity index (χ1v) is 7.61. The quantitative estimate of drug-likeness (QED) is 0.746. The minimum atomic E-state index is -3.11. The van der Waals surface area contributed by atoms with Gasteiger partial charge >= 0.3 is 5.97 Å². The van der Waals surface area contributed by atoms with Crippen LogP contribution in [0.15, 0.2) is 0 Å². The summed E-state index contributed by atoms with van der Waals surface area (Å²) in [5.41, 5.74) is -2.38. The average molecular weight is 260 g/mol. The van der Waals surface area contributed by atoms with Crippen molar-refractivity contribution in [1.82, 2.24) is 0 Å². The summed E-state index contributed by atoms with van der Waals surface area (Å²) < 4.78 is 23.8. The van der Waals surface area contributed by atoms with Gasteiger partial charge in [-0.3, -0.25) is 4.79 Å². The van der Waals surface area contributed by atoms with Crippen LogP contribution in [0.5, 0.6) is 0 Å². The molecule has 2 heterocycles. The minimum absolute atomic E-state index is 0.109. The zero-order valence-corrected chi connectivity index (χ0v) is 10.2. The van der Waals surface area contributed by atoms with Crippen LogP contribution in [0.3, 0.4) is 0 Å². The molecule has 0 spiro atoms. The number of aliphatic hydroxyl groups is 1. The summed E-state index contributed by atoms with van der Waals surface area (Å²) in [6.45, 7) is 0. The van der Waals surface area contributed by atoms with E-state index in [2.05, 4.69) is 0 Å². The number of carboxylic acids is 1. The maximum absolute atomic E-state index is 11.9. The van der Waals surface area contributed by atoms with Crippen molar-refractivity contribution in [1.29, 1.82) is 0 Å². The summed E-state index contributed by atoms with van der Waals surface area (Å²) in [4.78, 5) is 11.3. The van der Waals surface area contributed by atoms with E-state index < -0.39 is 37.3 Å². The van der Waals surface area contributed by atoms with Gasteiger partial charge in [-0.15, -0.1) is 0 Å². The minimum Gasteiger partial charge on any atom is -0.481 e. The third kappa shape index (κ3) is 1.28. The van der Waals surface area contributed by atoms with E-state index in [1.54, 1.807) is 0 Å². The zero-order valence-electron chi connectivity index (χ0n) is 9.42. The highest BCUT2D eigenvalue weighted by atomic mass is 32.2. The van der Waals surface area contributed by atoms with E-state index in [-0.39, 0.29) is 12.8 Å². The fraction of sp³-hybridized carbons (Fsp3) is 0.909. The van der Waals surface area contributed by atoms with E-state index in [0.717, 1.165) is 0 Å². The summed E-state index contributed by atoms with van der Waals surface area (Å²) in [7, 11) is -3.11. The Hall–Kier alpha value is -0.620. The SMILES string of the molecule is O=C(O)C1(C2(O)CC3CCC(C2)S3(=O)=O)CC1. The van der Waals surface area contributed by atoms with Crippen molar-refractivity contribution in [3.05, 3.63) is 0 Å². The topological polar surface area (TPSA) is 91.7 Å². The first-order valence-electron chi connectivity index (χ1n) is 6.00. The van der Waals surface area contributed by atoms with Gasteiger partial charge in [0, 0.05) is 0 Å². The molecular formula is C11H16O5S. The van der Waals surface area contributed by atoms with Crippen LogP contribution in [0.1, 0.15) is 38.5 Å². The summed E-state index contributed by atoms with van der Waals surface area (Å²) in [5, 5.41) is 18.8. The Morgan fingerprint density at radius 3 is 1.94 bits per heavy atom. The van der Waals surface area contributed by atoms with Gasteiger partial charge in [-0.05, 0) is 38.5 Å². The fourth-order valence-electron chi connectivity index (χ4n) is 3.64. The van der Waals surface area contributed by atoms with E-state index in [1.807, 2.05) is 0 Å². The van der Waals surface area contributed by atoms with Crippen LogP contribution in [0, 0.1) is 5.41 Å². The van der Waals surface area contributed by atoms with Crippen molar-refractivity contribution in [2.24, 2.45) is 5.41 Å². The molecule has 0 radical (unpaired) electrons. The van der Waals surface area contributed by atoms with Gasteiger partial charge < -0.3 is 10.2 Å². The summed E-state index contributed by atoms with van der Waals surface area (Å²) in [6.07, 6.45) is 2.31. The lowest BCUT2D eigenvalue weighted by molar-refractivity contribution is -0.157.